The molecule has 4 amide bonds. The predicted molar refractivity (Wildman–Crippen MR) is 77.8 cm³/mol. The Balaban J connectivity index is 2.20. The normalized spacial score (nSPS) is 13.0. The molecule has 1 aliphatic rings. The molecule has 2 N–H and O–H groups in total. The van der Waals surface area contributed by atoms with Gasteiger partial charge in [-0.2, -0.15) is 0 Å². The van der Waals surface area contributed by atoms with Gasteiger partial charge in [0.1, 0.15) is 18.9 Å². The third kappa shape index (κ3) is 3.37. The van der Waals surface area contributed by atoms with Gasteiger partial charge >= 0.3 is 0 Å². The first-order valence-corrected chi connectivity index (χ1v) is 7.05. The van der Waals surface area contributed by atoms with Gasteiger partial charge in [0.2, 0.25) is 11.8 Å². The van der Waals surface area contributed by atoms with E-state index in [2.05, 4.69) is 5.32 Å². The first-order valence-electron chi connectivity index (χ1n) is 7.05. The van der Waals surface area contributed by atoms with Gasteiger partial charge in [-0.1, -0.05) is 13.0 Å². The Morgan fingerprint density at radius 2 is 1.96 bits per heavy atom. The minimum Gasteiger partial charge on any atom is -0.490 e. The smallest absolute Gasteiger partial charge is 0.265 e. The standard InChI is InChI=1S/C15H16N2O6/c1-2-11(19)16-12(20)8-17-14(21)9-4-3-5-10(23-7-6-18)13(9)15(17)22/h3-5,18H,2,6-8H2,1H3,(H,16,19,20). The summed E-state index contributed by atoms with van der Waals surface area (Å²) in [4.78, 5) is 48.3. The number of rotatable bonds is 6. The van der Waals surface area contributed by atoms with Gasteiger partial charge in [-0.15, -0.1) is 0 Å². The van der Waals surface area contributed by atoms with Crippen molar-refractivity contribution < 1.29 is 29.0 Å². The molecule has 0 spiro atoms. The number of imide groups is 2. The molecule has 0 aromatic heterocycles. The molecule has 0 atom stereocenters. The summed E-state index contributed by atoms with van der Waals surface area (Å²) in [6.45, 7) is 0.771. The maximum atomic E-state index is 12.4. The fraction of sp³-hybridized carbons (Fsp3) is 0.333. The maximum absolute atomic E-state index is 12.4. The van der Waals surface area contributed by atoms with Crippen molar-refractivity contribution in [2.24, 2.45) is 0 Å². The number of fused-ring (bicyclic) bond motifs is 1. The number of amides is 4. The first-order chi connectivity index (χ1) is 11.0. The molecule has 1 heterocycles. The molecule has 122 valence electrons. The van der Waals surface area contributed by atoms with Gasteiger partial charge in [0, 0.05) is 6.42 Å². The van der Waals surface area contributed by atoms with Crippen molar-refractivity contribution in [3.63, 3.8) is 0 Å². The van der Waals surface area contributed by atoms with Crippen LogP contribution in [0, 0.1) is 0 Å². The SMILES string of the molecule is CCC(=O)NC(=O)CN1C(=O)c2cccc(OCCO)c2C1=O. The van der Waals surface area contributed by atoms with Crippen LogP contribution in [0.4, 0.5) is 0 Å². The van der Waals surface area contributed by atoms with Crippen molar-refractivity contribution in [3.8, 4) is 5.75 Å². The van der Waals surface area contributed by atoms with E-state index in [4.69, 9.17) is 9.84 Å². The summed E-state index contributed by atoms with van der Waals surface area (Å²) < 4.78 is 5.25. The third-order valence-corrected chi connectivity index (χ3v) is 3.21. The summed E-state index contributed by atoms with van der Waals surface area (Å²) in [5.41, 5.74) is 0.181. The minimum absolute atomic E-state index is 0.0244. The van der Waals surface area contributed by atoms with Crippen LogP contribution in [0.2, 0.25) is 0 Å². The zero-order valence-electron chi connectivity index (χ0n) is 12.5. The summed E-state index contributed by atoms with van der Waals surface area (Å²) in [6.07, 6.45) is 0.118. The second kappa shape index (κ2) is 7.01. The number of nitrogens with zero attached hydrogens (tertiary/aromatic N) is 1. The molecule has 1 aromatic carbocycles. The Morgan fingerprint density at radius 3 is 2.61 bits per heavy atom. The maximum Gasteiger partial charge on any atom is 0.265 e. The lowest BCUT2D eigenvalue weighted by molar-refractivity contribution is -0.130. The van der Waals surface area contributed by atoms with Gasteiger partial charge in [0.05, 0.1) is 17.7 Å². The van der Waals surface area contributed by atoms with Gasteiger partial charge < -0.3 is 9.84 Å². The Labute approximate surface area is 132 Å². The fourth-order valence-corrected chi connectivity index (χ4v) is 2.15. The van der Waals surface area contributed by atoms with Crippen LogP contribution < -0.4 is 10.1 Å². The zero-order valence-corrected chi connectivity index (χ0v) is 12.5. The molecule has 8 nitrogen and oxygen atoms in total. The monoisotopic (exact) mass is 320 g/mol. The third-order valence-electron chi connectivity index (χ3n) is 3.21. The highest BCUT2D eigenvalue weighted by Crippen LogP contribution is 2.30. The summed E-state index contributed by atoms with van der Waals surface area (Å²) in [5.74, 6) is -2.35. The molecule has 23 heavy (non-hydrogen) atoms. The molecule has 8 heteroatoms. The van der Waals surface area contributed by atoms with E-state index >= 15 is 0 Å². The molecule has 0 unspecified atom stereocenters. The van der Waals surface area contributed by atoms with Gasteiger partial charge in [-0.25, -0.2) is 0 Å². The van der Waals surface area contributed by atoms with Gasteiger partial charge in [-0.05, 0) is 12.1 Å². The van der Waals surface area contributed by atoms with Crippen LogP contribution in [0.5, 0.6) is 5.75 Å². The quantitative estimate of drug-likeness (QED) is 0.696. The van der Waals surface area contributed by atoms with Crippen molar-refractivity contribution in [3.05, 3.63) is 29.3 Å². The molecule has 1 aromatic rings. The molecular formula is C15H16N2O6. The number of carbonyl (C=O) groups excluding carboxylic acids is 4. The molecule has 0 saturated carbocycles. The molecular weight excluding hydrogens is 304 g/mol. The van der Waals surface area contributed by atoms with Crippen LogP contribution >= 0.6 is 0 Å². The zero-order chi connectivity index (χ0) is 17.0. The van der Waals surface area contributed by atoms with Crippen molar-refractivity contribution in [1.82, 2.24) is 10.2 Å². The topological polar surface area (TPSA) is 113 Å². The fourth-order valence-electron chi connectivity index (χ4n) is 2.15. The molecule has 0 aliphatic carbocycles. The van der Waals surface area contributed by atoms with Gasteiger partial charge in [0.15, 0.2) is 0 Å². The first kappa shape index (κ1) is 16.6. The van der Waals surface area contributed by atoms with Crippen molar-refractivity contribution in [2.45, 2.75) is 13.3 Å². The van der Waals surface area contributed by atoms with Crippen molar-refractivity contribution in [2.75, 3.05) is 19.8 Å². The lowest BCUT2D eigenvalue weighted by atomic mass is 10.1. The highest BCUT2D eigenvalue weighted by molar-refractivity contribution is 6.23. The van der Waals surface area contributed by atoms with Crippen LogP contribution in [-0.4, -0.2) is 53.4 Å². The predicted octanol–water partition coefficient (Wildman–Crippen LogP) is -0.294. The van der Waals surface area contributed by atoms with Crippen molar-refractivity contribution in [1.29, 1.82) is 0 Å². The molecule has 1 aliphatic heterocycles. The van der Waals surface area contributed by atoms with Crippen LogP contribution in [0.1, 0.15) is 34.1 Å². The number of benzene rings is 1. The van der Waals surface area contributed by atoms with E-state index in [9.17, 15) is 19.2 Å². The summed E-state index contributed by atoms with van der Waals surface area (Å²) in [6, 6.07) is 4.50. The number of nitrogens with one attached hydrogen (secondary N) is 1. The average molecular weight is 320 g/mol. The second-order valence-corrected chi connectivity index (χ2v) is 4.77. The highest BCUT2D eigenvalue weighted by Gasteiger charge is 2.39. The van der Waals surface area contributed by atoms with Crippen LogP contribution in [0.15, 0.2) is 18.2 Å². The molecule has 0 fully saturated rings. The molecule has 2 rings (SSSR count). The van der Waals surface area contributed by atoms with E-state index < -0.39 is 30.2 Å². The van der Waals surface area contributed by atoms with E-state index in [-0.39, 0.29) is 36.5 Å². The Bertz CT molecular complexity index is 670. The van der Waals surface area contributed by atoms with Gasteiger partial charge in [0.25, 0.3) is 11.8 Å². The molecule has 0 bridgehead atoms. The highest BCUT2D eigenvalue weighted by atomic mass is 16.5. The van der Waals surface area contributed by atoms with E-state index in [0.29, 0.717) is 0 Å². The van der Waals surface area contributed by atoms with E-state index in [1.165, 1.54) is 12.1 Å². The second-order valence-electron chi connectivity index (χ2n) is 4.77. The lowest BCUT2D eigenvalue weighted by Crippen LogP contribution is -2.42. The lowest BCUT2D eigenvalue weighted by Gasteiger charge is -2.13. The summed E-state index contributed by atoms with van der Waals surface area (Å²) >= 11 is 0. The van der Waals surface area contributed by atoms with Crippen molar-refractivity contribution >= 4 is 23.6 Å². The van der Waals surface area contributed by atoms with Crippen LogP contribution in [0.3, 0.4) is 0 Å². The largest absolute Gasteiger partial charge is 0.490 e. The van der Waals surface area contributed by atoms with E-state index in [1.54, 1.807) is 13.0 Å². The summed E-state index contributed by atoms with van der Waals surface area (Å²) in [7, 11) is 0. The minimum atomic E-state index is -0.732. The number of hydrogen-bond donors (Lipinski definition) is 2. The molecule has 0 saturated heterocycles. The number of aliphatic hydroxyl groups excluding tert-OH is 1. The number of hydrogen-bond acceptors (Lipinski definition) is 6. The average Bonchev–Trinajstić information content (AvgIpc) is 2.78. The number of carbonyl (C=O) groups is 4. The van der Waals surface area contributed by atoms with Crippen LogP contribution in [0.25, 0.3) is 0 Å². The van der Waals surface area contributed by atoms with E-state index in [1.807, 2.05) is 0 Å². The number of ether oxygens (including phenoxy) is 1. The summed E-state index contributed by atoms with van der Waals surface area (Å²) in [5, 5.41) is 10.9. The van der Waals surface area contributed by atoms with Gasteiger partial charge in [-0.3, -0.25) is 29.4 Å². The Hall–Kier alpha value is -2.74. The number of aliphatic hydroxyl groups is 1. The molecule has 0 radical (unpaired) electrons. The van der Waals surface area contributed by atoms with E-state index in [0.717, 1.165) is 4.90 Å². The Morgan fingerprint density at radius 1 is 1.22 bits per heavy atom. The Kier molecular flexibility index (Phi) is 5.07. The van der Waals surface area contributed by atoms with Crippen LogP contribution in [-0.2, 0) is 9.59 Å².